The van der Waals surface area contributed by atoms with Gasteiger partial charge in [-0.25, -0.2) is 4.79 Å². The van der Waals surface area contributed by atoms with E-state index in [2.05, 4.69) is 17.9 Å². The van der Waals surface area contributed by atoms with E-state index in [1.807, 2.05) is 6.07 Å². The van der Waals surface area contributed by atoms with E-state index in [0.717, 1.165) is 25.1 Å². The minimum atomic E-state index is -0.984. The molecule has 0 atom stereocenters. The van der Waals surface area contributed by atoms with Crippen molar-refractivity contribution < 1.29 is 14.6 Å². The molecule has 1 aliphatic rings. The highest BCUT2D eigenvalue weighted by Crippen LogP contribution is 2.25. The Kier molecular flexibility index (Phi) is 5.04. The lowest BCUT2D eigenvalue weighted by Gasteiger charge is -2.26. The molecule has 108 valence electrons. The lowest BCUT2D eigenvalue weighted by atomic mass is 10.1. The Morgan fingerprint density at radius 1 is 1.50 bits per heavy atom. The van der Waals surface area contributed by atoms with Crippen molar-refractivity contribution in [1.82, 2.24) is 4.90 Å². The van der Waals surface area contributed by atoms with Gasteiger partial charge in [0, 0.05) is 30.2 Å². The van der Waals surface area contributed by atoms with Gasteiger partial charge in [0.15, 0.2) is 6.61 Å². The zero-order chi connectivity index (χ0) is 14.5. The highest BCUT2D eigenvalue weighted by molar-refractivity contribution is 6.30. The molecule has 5 heteroatoms. The Morgan fingerprint density at radius 2 is 2.30 bits per heavy atom. The summed E-state index contributed by atoms with van der Waals surface area (Å²) in [6.07, 6.45) is 3.28. The first-order chi connectivity index (χ1) is 9.54. The van der Waals surface area contributed by atoms with Crippen LogP contribution in [0.2, 0.25) is 5.02 Å². The molecule has 0 radical (unpaired) electrons. The fraction of sp³-hybridized carbons (Fsp3) is 0.400. The lowest BCUT2D eigenvalue weighted by molar-refractivity contribution is -0.139. The minimum Gasteiger partial charge on any atom is -0.482 e. The smallest absolute Gasteiger partial charge is 0.341 e. The van der Waals surface area contributed by atoms with E-state index in [1.165, 1.54) is 5.57 Å². The van der Waals surface area contributed by atoms with Crippen LogP contribution in [-0.2, 0) is 11.3 Å². The third kappa shape index (κ3) is 4.25. The first-order valence-corrected chi connectivity index (χ1v) is 6.93. The van der Waals surface area contributed by atoms with E-state index in [1.54, 1.807) is 12.1 Å². The molecule has 1 aromatic carbocycles. The first-order valence-electron chi connectivity index (χ1n) is 6.55. The topological polar surface area (TPSA) is 49.8 Å². The Balaban J connectivity index is 2.08. The summed E-state index contributed by atoms with van der Waals surface area (Å²) >= 11 is 6.02. The van der Waals surface area contributed by atoms with E-state index in [4.69, 9.17) is 21.4 Å². The number of hydrogen-bond acceptors (Lipinski definition) is 3. The molecule has 0 unspecified atom stereocenters. The highest BCUT2D eigenvalue weighted by Gasteiger charge is 2.13. The van der Waals surface area contributed by atoms with E-state index in [-0.39, 0.29) is 6.61 Å². The Bertz CT molecular complexity index is 528. The number of rotatable bonds is 5. The number of halogens is 1. The second-order valence-electron chi connectivity index (χ2n) is 4.97. The zero-order valence-corrected chi connectivity index (χ0v) is 12.2. The summed E-state index contributed by atoms with van der Waals surface area (Å²) in [6, 6.07) is 5.28. The Hall–Kier alpha value is -1.52. The molecule has 1 heterocycles. The van der Waals surface area contributed by atoms with Gasteiger partial charge < -0.3 is 9.84 Å². The molecule has 0 amide bonds. The maximum Gasteiger partial charge on any atom is 0.341 e. The molecule has 20 heavy (non-hydrogen) atoms. The van der Waals surface area contributed by atoms with Crippen molar-refractivity contribution in [2.45, 2.75) is 19.9 Å². The second-order valence-corrected chi connectivity index (χ2v) is 5.41. The molecule has 4 nitrogen and oxygen atoms in total. The van der Waals surface area contributed by atoms with Gasteiger partial charge in [-0.2, -0.15) is 0 Å². The van der Waals surface area contributed by atoms with Gasteiger partial charge in [-0.05, 0) is 31.5 Å². The average molecular weight is 296 g/mol. The number of aliphatic carboxylic acids is 1. The van der Waals surface area contributed by atoms with Crippen LogP contribution >= 0.6 is 11.6 Å². The van der Waals surface area contributed by atoms with Gasteiger partial charge in [-0.1, -0.05) is 23.3 Å². The summed E-state index contributed by atoms with van der Waals surface area (Å²) in [5.74, 6) is -0.398. The van der Waals surface area contributed by atoms with Gasteiger partial charge in [-0.15, -0.1) is 0 Å². The molecule has 1 aromatic rings. The van der Waals surface area contributed by atoms with Crippen LogP contribution in [0.4, 0.5) is 0 Å². The predicted molar refractivity (Wildman–Crippen MR) is 78.2 cm³/mol. The maximum absolute atomic E-state index is 10.6. The zero-order valence-electron chi connectivity index (χ0n) is 11.4. The van der Waals surface area contributed by atoms with E-state index >= 15 is 0 Å². The van der Waals surface area contributed by atoms with Crippen molar-refractivity contribution in [3.05, 3.63) is 40.4 Å². The monoisotopic (exact) mass is 295 g/mol. The van der Waals surface area contributed by atoms with Crippen molar-refractivity contribution in [1.29, 1.82) is 0 Å². The Labute approximate surface area is 123 Å². The van der Waals surface area contributed by atoms with Crippen LogP contribution in [0.3, 0.4) is 0 Å². The third-order valence-electron chi connectivity index (χ3n) is 3.29. The van der Waals surface area contributed by atoms with Crippen LogP contribution < -0.4 is 4.74 Å². The SMILES string of the molecule is CC1=CCN(Cc2cc(Cl)ccc2OCC(=O)O)CC1. The van der Waals surface area contributed by atoms with E-state index in [0.29, 0.717) is 17.3 Å². The van der Waals surface area contributed by atoms with Crippen molar-refractivity contribution in [3.8, 4) is 5.75 Å². The number of carboxylic acids is 1. The standard InChI is InChI=1S/C15H18ClNO3/c1-11-4-6-17(7-5-11)9-12-8-13(16)2-3-14(12)20-10-15(18)19/h2-4,8H,5-7,9-10H2,1H3,(H,18,19). The van der Waals surface area contributed by atoms with Crippen molar-refractivity contribution in [2.75, 3.05) is 19.7 Å². The fourth-order valence-corrected chi connectivity index (χ4v) is 2.34. The molecule has 1 aliphatic heterocycles. The number of carbonyl (C=O) groups is 1. The predicted octanol–water partition coefficient (Wildman–Crippen LogP) is 2.96. The van der Waals surface area contributed by atoms with Crippen LogP contribution in [0.5, 0.6) is 5.75 Å². The highest BCUT2D eigenvalue weighted by atomic mass is 35.5. The van der Waals surface area contributed by atoms with Gasteiger partial charge in [0.05, 0.1) is 0 Å². The van der Waals surface area contributed by atoms with Crippen LogP contribution in [0.25, 0.3) is 0 Å². The summed E-state index contributed by atoms with van der Waals surface area (Å²) in [4.78, 5) is 12.9. The van der Waals surface area contributed by atoms with Crippen LogP contribution in [0, 0.1) is 0 Å². The normalized spacial score (nSPS) is 15.8. The molecular weight excluding hydrogens is 278 g/mol. The number of carboxylic acid groups (broad SMARTS) is 1. The largest absolute Gasteiger partial charge is 0.482 e. The van der Waals surface area contributed by atoms with E-state index < -0.39 is 5.97 Å². The molecule has 0 saturated heterocycles. The van der Waals surface area contributed by atoms with Gasteiger partial charge in [0.1, 0.15) is 5.75 Å². The van der Waals surface area contributed by atoms with E-state index in [9.17, 15) is 4.79 Å². The number of hydrogen-bond donors (Lipinski definition) is 1. The molecular formula is C15H18ClNO3. The second kappa shape index (κ2) is 6.77. The van der Waals surface area contributed by atoms with Crippen molar-refractivity contribution in [3.63, 3.8) is 0 Å². The minimum absolute atomic E-state index is 0.340. The number of benzene rings is 1. The van der Waals surface area contributed by atoms with Gasteiger partial charge in [-0.3, -0.25) is 4.90 Å². The van der Waals surface area contributed by atoms with Crippen LogP contribution in [-0.4, -0.2) is 35.7 Å². The van der Waals surface area contributed by atoms with Gasteiger partial charge in [0.25, 0.3) is 0 Å². The molecule has 0 bridgehead atoms. The quantitative estimate of drug-likeness (QED) is 0.849. The van der Waals surface area contributed by atoms with Gasteiger partial charge in [0.2, 0.25) is 0 Å². The molecule has 0 aromatic heterocycles. The Morgan fingerprint density at radius 3 is 2.95 bits per heavy atom. The summed E-state index contributed by atoms with van der Waals surface area (Å²) < 4.78 is 5.32. The van der Waals surface area contributed by atoms with Crippen molar-refractivity contribution in [2.24, 2.45) is 0 Å². The van der Waals surface area contributed by atoms with Crippen molar-refractivity contribution >= 4 is 17.6 Å². The maximum atomic E-state index is 10.6. The molecule has 0 aliphatic carbocycles. The third-order valence-corrected chi connectivity index (χ3v) is 3.52. The van der Waals surface area contributed by atoms with Gasteiger partial charge >= 0.3 is 5.97 Å². The molecule has 0 fully saturated rings. The summed E-state index contributed by atoms with van der Waals surface area (Å²) in [7, 11) is 0. The molecule has 0 spiro atoms. The average Bonchev–Trinajstić information content (AvgIpc) is 2.40. The lowest BCUT2D eigenvalue weighted by Crippen LogP contribution is -2.28. The molecule has 0 saturated carbocycles. The molecule has 1 N–H and O–H groups in total. The summed E-state index contributed by atoms with van der Waals surface area (Å²) in [5, 5.41) is 9.33. The van der Waals surface area contributed by atoms with Crippen LogP contribution in [0.1, 0.15) is 18.9 Å². The fourth-order valence-electron chi connectivity index (χ4n) is 2.15. The number of nitrogens with zero attached hydrogens (tertiary/aromatic N) is 1. The number of ether oxygens (including phenoxy) is 1. The summed E-state index contributed by atoms with van der Waals surface area (Å²) in [6.45, 7) is 4.40. The first kappa shape index (κ1) is 14.9. The molecule has 2 rings (SSSR count). The van der Waals surface area contributed by atoms with Crippen LogP contribution in [0.15, 0.2) is 29.8 Å². The summed E-state index contributed by atoms with van der Waals surface area (Å²) in [5.41, 5.74) is 2.33.